The molecule has 1 aliphatic carbocycles. The summed E-state index contributed by atoms with van der Waals surface area (Å²) in [5, 5.41) is 9.14. The van der Waals surface area contributed by atoms with Gasteiger partial charge in [0.25, 0.3) is 5.91 Å². The molecule has 2 aliphatic rings. The minimum absolute atomic E-state index is 0.0698. The lowest BCUT2D eigenvalue weighted by Gasteiger charge is -2.35. The first-order valence-electron chi connectivity index (χ1n) is 9.80. The van der Waals surface area contributed by atoms with E-state index in [1.165, 1.54) is 18.2 Å². The molecule has 1 heterocycles. The Hall–Kier alpha value is -2.33. The number of aliphatic imine (C=N–C) groups is 1. The predicted octanol–water partition coefficient (Wildman–Crippen LogP) is 3.76. The van der Waals surface area contributed by atoms with E-state index in [0.717, 1.165) is 25.7 Å². The maximum absolute atomic E-state index is 12.7. The van der Waals surface area contributed by atoms with Crippen LogP contribution in [0.2, 0.25) is 0 Å². The Labute approximate surface area is 170 Å². The van der Waals surface area contributed by atoms with Gasteiger partial charge in [0.05, 0.1) is 24.3 Å². The van der Waals surface area contributed by atoms with Crippen LogP contribution in [0.4, 0.5) is 0 Å². The zero-order chi connectivity index (χ0) is 20.1. The zero-order valence-corrected chi connectivity index (χ0v) is 17.1. The predicted molar refractivity (Wildman–Crippen MR) is 109 cm³/mol. The summed E-state index contributed by atoms with van der Waals surface area (Å²) < 4.78 is 5.24. The van der Waals surface area contributed by atoms with Crippen LogP contribution >= 0.6 is 11.8 Å². The Kier molecular flexibility index (Phi) is 6.74. The van der Waals surface area contributed by atoms with Crippen molar-refractivity contribution < 1.29 is 14.3 Å². The van der Waals surface area contributed by atoms with Gasteiger partial charge < -0.3 is 9.64 Å². The second kappa shape index (κ2) is 9.24. The molecule has 1 amide bonds. The van der Waals surface area contributed by atoms with Crippen LogP contribution in [0.5, 0.6) is 0 Å². The first-order valence-corrected chi connectivity index (χ1v) is 10.7. The summed E-state index contributed by atoms with van der Waals surface area (Å²) in [6.07, 6.45) is 5.62. The van der Waals surface area contributed by atoms with Gasteiger partial charge in [0, 0.05) is 11.6 Å². The second-order valence-corrected chi connectivity index (χ2v) is 8.23. The average Bonchev–Trinajstić information content (AvgIpc) is 3.04. The molecule has 1 aromatic rings. The Morgan fingerprint density at radius 1 is 1.25 bits per heavy atom. The number of ether oxygens (including phenoxy) is 1. The minimum atomic E-state index is -0.380. The molecular weight excluding hydrogens is 374 g/mol. The van der Waals surface area contributed by atoms with Crippen LogP contribution in [0, 0.1) is 11.3 Å². The first kappa shape index (κ1) is 20.4. The van der Waals surface area contributed by atoms with Gasteiger partial charge in [-0.3, -0.25) is 9.59 Å². The number of carbonyl (C=O) groups is 2. The highest BCUT2D eigenvalue weighted by Crippen LogP contribution is 2.38. The number of thioether (sulfide) groups is 1. The third kappa shape index (κ3) is 4.39. The number of benzene rings is 1. The number of amides is 1. The smallest absolute Gasteiger partial charge is 0.321 e. The van der Waals surface area contributed by atoms with Crippen LogP contribution in [0.3, 0.4) is 0 Å². The Morgan fingerprint density at radius 3 is 2.54 bits per heavy atom. The van der Waals surface area contributed by atoms with E-state index in [1.807, 2.05) is 13.0 Å². The molecule has 0 aromatic heterocycles. The van der Waals surface area contributed by atoms with E-state index in [-0.39, 0.29) is 23.2 Å². The molecule has 0 bridgehead atoms. The highest BCUT2D eigenvalue weighted by atomic mass is 32.2. The molecule has 2 unspecified atom stereocenters. The molecule has 7 heteroatoms. The molecule has 28 heavy (non-hydrogen) atoms. The molecule has 1 aliphatic heterocycles. The molecule has 0 spiro atoms. The fraction of sp³-hybridized carbons (Fsp3) is 0.524. The lowest BCUT2D eigenvalue weighted by atomic mass is 9.93. The van der Waals surface area contributed by atoms with Crippen LogP contribution < -0.4 is 0 Å². The van der Waals surface area contributed by atoms with Crippen molar-refractivity contribution >= 4 is 28.8 Å². The molecule has 0 radical (unpaired) electrons. The Balaban J connectivity index is 1.87. The highest BCUT2D eigenvalue weighted by molar-refractivity contribution is 8.15. The van der Waals surface area contributed by atoms with Gasteiger partial charge >= 0.3 is 5.97 Å². The molecular formula is C21H25N3O3S. The summed E-state index contributed by atoms with van der Waals surface area (Å²) in [7, 11) is 0. The Morgan fingerprint density at radius 2 is 1.93 bits per heavy atom. The van der Waals surface area contributed by atoms with Crippen LogP contribution in [0.15, 0.2) is 29.3 Å². The standard InChI is InChI=1S/C21H25N3O3S/c1-3-27-20(26)18-14(2)24(17-7-5-4-6-8-17)21(28-18)23-19(25)16-11-9-15(13-22)10-12-16/h9-12,14,17-18H,3-8H2,1-2H3. The number of hydrogen-bond acceptors (Lipinski definition) is 5. The van der Waals surface area contributed by atoms with Gasteiger partial charge in [-0.25, -0.2) is 0 Å². The summed E-state index contributed by atoms with van der Waals surface area (Å²) in [6.45, 7) is 4.14. The maximum atomic E-state index is 12.7. The summed E-state index contributed by atoms with van der Waals surface area (Å²) in [6, 6.07) is 8.71. The van der Waals surface area contributed by atoms with E-state index < -0.39 is 0 Å². The van der Waals surface area contributed by atoms with E-state index in [9.17, 15) is 9.59 Å². The lowest BCUT2D eigenvalue weighted by Crippen LogP contribution is -2.45. The molecule has 2 atom stereocenters. The molecule has 1 saturated heterocycles. The molecule has 2 fully saturated rings. The molecule has 1 saturated carbocycles. The number of amidine groups is 1. The topological polar surface area (TPSA) is 82.8 Å². The minimum Gasteiger partial charge on any atom is -0.465 e. The zero-order valence-electron chi connectivity index (χ0n) is 16.3. The fourth-order valence-corrected chi connectivity index (χ4v) is 5.13. The van der Waals surface area contributed by atoms with Gasteiger partial charge in [-0.05, 0) is 51.0 Å². The third-order valence-corrected chi connectivity index (χ3v) is 6.63. The molecule has 0 N–H and O–H groups in total. The van der Waals surface area contributed by atoms with Gasteiger partial charge in [0.2, 0.25) is 0 Å². The average molecular weight is 400 g/mol. The SMILES string of the molecule is CCOC(=O)C1SC(=NC(=O)c2ccc(C#N)cc2)N(C2CCCCC2)C1C. The van der Waals surface area contributed by atoms with E-state index in [1.54, 1.807) is 31.2 Å². The summed E-state index contributed by atoms with van der Waals surface area (Å²) in [5.41, 5.74) is 0.933. The quantitative estimate of drug-likeness (QED) is 0.717. The Bertz CT molecular complexity index is 794. The van der Waals surface area contributed by atoms with Gasteiger partial charge in [0.1, 0.15) is 5.25 Å². The number of carbonyl (C=O) groups excluding carboxylic acids is 2. The van der Waals surface area contributed by atoms with Crippen LogP contribution in [-0.4, -0.2) is 45.9 Å². The number of hydrogen-bond donors (Lipinski definition) is 0. The first-order chi connectivity index (χ1) is 13.5. The van der Waals surface area contributed by atoms with Crippen molar-refractivity contribution in [2.75, 3.05) is 6.61 Å². The fourth-order valence-electron chi connectivity index (χ4n) is 3.83. The monoisotopic (exact) mass is 399 g/mol. The van der Waals surface area contributed by atoms with Gasteiger partial charge in [-0.1, -0.05) is 31.0 Å². The summed E-state index contributed by atoms with van der Waals surface area (Å²) in [4.78, 5) is 31.7. The third-order valence-electron chi connectivity index (χ3n) is 5.28. The van der Waals surface area contributed by atoms with Crippen LogP contribution in [0.25, 0.3) is 0 Å². The number of rotatable bonds is 4. The summed E-state index contributed by atoms with van der Waals surface area (Å²) >= 11 is 1.33. The van der Waals surface area contributed by atoms with Crippen molar-refractivity contribution in [3.05, 3.63) is 35.4 Å². The van der Waals surface area contributed by atoms with Crippen molar-refractivity contribution in [3.8, 4) is 6.07 Å². The largest absolute Gasteiger partial charge is 0.465 e. The maximum Gasteiger partial charge on any atom is 0.321 e. The molecule has 3 rings (SSSR count). The van der Waals surface area contributed by atoms with Crippen LogP contribution in [0.1, 0.15) is 61.9 Å². The van der Waals surface area contributed by atoms with Crippen LogP contribution in [-0.2, 0) is 9.53 Å². The molecule has 1 aromatic carbocycles. The number of nitrogens with zero attached hydrogens (tertiary/aromatic N) is 3. The van der Waals surface area contributed by atoms with E-state index in [0.29, 0.717) is 28.9 Å². The second-order valence-electron chi connectivity index (χ2n) is 7.12. The van der Waals surface area contributed by atoms with Gasteiger partial charge in [-0.2, -0.15) is 10.3 Å². The van der Waals surface area contributed by atoms with E-state index >= 15 is 0 Å². The molecule has 6 nitrogen and oxygen atoms in total. The van der Waals surface area contributed by atoms with Crippen molar-refractivity contribution in [2.45, 2.75) is 63.3 Å². The highest BCUT2D eigenvalue weighted by Gasteiger charge is 2.44. The molecule has 148 valence electrons. The van der Waals surface area contributed by atoms with Crippen molar-refractivity contribution in [1.82, 2.24) is 4.90 Å². The van der Waals surface area contributed by atoms with Crippen molar-refractivity contribution in [1.29, 1.82) is 5.26 Å². The number of nitriles is 1. The van der Waals surface area contributed by atoms with E-state index in [4.69, 9.17) is 10.00 Å². The lowest BCUT2D eigenvalue weighted by molar-refractivity contribution is -0.143. The normalized spacial score (nSPS) is 24.2. The van der Waals surface area contributed by atoms with Gasteiger partial charge in [0.15, 0.2) is 5.17 Å². The van der Waals surface area contributed by atoms with Gasteiger partial charge in [-0.15, -0.1) is 0 Å². The van der Waals surface area contributed by atoms with Crippen molar-refractivity contribution in [2.24, 2.45) is 4.99 Å². The van der Waals surface area contributed by atoms with Crippen molar-refractivity contribution in [3.63, 3.8) is 0 Å². The summed E-state index contributed by atoms with van der Waals surface area (Å²) in [5.74, 6) is -0.610. The number of esters is 1. The van der Waals surface area contributed by atoms with E-state index in [2.05, 4.69) is 9.89 Å².